The van der Waals surface area contributed by atoms with Crippen molar-refractivity contribution in [3.63, 3.8) is 0 Å². The fourth-order valence-corrected chi connectivity index (χ4v) is 3.57. The van der Waals surface area contributed by atoms with E-state index in [2.05, 4.69) is 32.5 Å². The van der Waals surface area contributed by atoms with Crippen LogP contribution in [-0.2, 0) is 24.8 Å². The number of pyridine rings is 1. The smallest absolute Gasteiger partial charge is 0.122 e. The molecule has 0 amide bonds. The van der Waals surface area contributed by atoms with Crippen LogP contribution in [0.25, 0.3) is 0 Å². The lowest BCUT2D eigenvalue weighted by atomic mass is 10.0. The maximum atomic E-state index is 6.30. The minimum Gasteiger partial charge on any atom is -0.376 e. The molecular weight excluding hydrogens is 300 g/mol. The molecule has 0 radical (unpaired) electrons. The molecular formula is C19H26N4O. The number of rotatable bonds is 7. The van der Waals surface area contributed by atoms with E-state index in [9.17, 15) is 0 Å². The van der Waals surface area contributed by atoms with E-state index in [1.807, 2.05) is 30.9 Å². The van der Waals surface area contributed by atoms with E-state index < -0.39 is 0 Å². The molecule has 0 aromatic carbocycles. The molecule has 1 saturated heterocycles. The van der Waals surface area contributed by atoms with E-state index in [4.69, 9.17) is 4.74 Å². The molecule has 5 nitrogen and oxygen atoms in total. The predicted octanol–water partition coefficient (Wildman–Crippen LogP) is 2.43. The second-order valence-corrected chi connectivity index (χ2v) is 7.16. The molecule has 1 saturated carbocycles. The molecule has 2 aromatic rings. The average molecular weight is 326 g/mol. The SMILES string of the molecule is Cn1ccnc1CN1CC[C@@H](OCC2CC2)[C@H]1Cc1cccnc1. The van der Waals surface area contributed by atoms with Crippen molar-refractivity contribution in [1.29, 1.82) is 0 Å². The Hall–Kier alpha value is -1.72. The van der Waals surface area contributed by atoms with Crippen molar-refractivity contribution in [3.05, 3.63) is 48.3 Å². The van der Waals surface area contributed by atoms with Crippen LogP contribution < -0.4 is 0 Å². The van der Waals surface area contributed by atoms with Gasteiger partial charge in [-0.2, -0.15) is 0 Å². The average Bonchev–Trinajstić information content (AvgIpc) is 3.24. The van der Waals surface area contributed by atoms with Crippen molar-refractivity contribution in [2.75, 3.05) is 13.2 Å². The highest BCUT2D eigenvalue weighted by molar-refractivity contribution is 5.12. The van der Waals surface area contributed by atoms with Crippen molar-refractivity contribution in [3.8, 4) is 0 Å². The van der Waals surface area contributed by atoms with Gasteiger partial charge in [0.05, 0.1) is 12.6 Å². The zero-order chi connectivity index (χ0) is 16.4. The Balaban J connectivity index is 1.47. The van der Waals surface area contributed by atoms with E-state index in [-0.39, 0.29) is 0 Å². The molecule has 0 bridgehead atoms. The molecule has 2 aromatic heterocycles. The van der Waals surface area contributed by atoms with Crippen molar-refractivity contribution >= 4 is 0 Å². The third kappa shape index (κ3) is 3.68. The molecule has 2 aliphatic rings. The summed E-state index contributed by atoms with van der Waals surface area (Å²) < 4.78 is 8.41. The summed E-state index contributed by atoms with van der Waals surface area (Å²) in [6.07, 6.45) is 12.8. The van der Waals surface area contributed by atoms with Crippen LogP contribution in [0.3, 0.4) is 0 Å². The van der Waals surface area contributed by atoms with E-state index in [1.54, 1.807) is 0 Å². The van der Waals surface area contributed by atoms with Crippen LogP contribution in [0.15, 0.2) is 36.9 Å². The summed E-state index contributed by atoms with van der Waals surface area (Å²) in [5.41, 5.74) is 1.29. The number of imidazole rings is 1. The van der Waals surface area contributed by atoms with E-state index >= 15 is 0 Å². The molecule has 1 aliphatic heterocycles. The zero-order valence-corrected chi connectivity index (χ0v) is 14.3. The minimum absolute atomic E-state index is 0.325. The molecule has 0 spiro atoms. The molecule has 2 atom stereocenters. The minimum atomic E-state index is 0.325. The first-order chi connectivity index (χ1) is 11.8. The molecule has 24 heavy (non-hydrogen) atoms. The van der Waals surface area contributed by atoms with Gasteiger partial charge in [-0.15, -0.1) is 0 Å². The van der Waals surface area contributed by atoms with Gasteiger partial charge in [0.2, 0.25) is 0 Å². The Bertz CT molecular complexity index is 652. The van der Waals surface area contributed by atoms with Gasteiger partial charge in [-0.1, -0.05) is 6.07 Å². The Kier molecular flexibility index (Phi) is 4.63. The summed E-state index contributed by atoms with van der Waals surface area (Å²) in [6.45, 7) is 2.90. The fourth-order valence-electron chi connectivity index (χ4n) is 3.57. The second kappa shape index (κ2) is 7.03. The van der Waals surface area contributed by atoms with E-state index in [1.165, 1.54) is 18.4 Å². The molecule has 2 fully saturated rings. The van der Waals surface area contributed by atoms with E-state index in [0.29, 0.717) is 12.1 Å². The number of aromatic nitrogens is 3. The molecule has 3 heterocycles. The lowest BCUT2D eigenvalue weighted by Gasteiger charge is -2.28. The molecule has 5 heteroatoms. The van der Waals surface area contributed by atoms with Crippen LogP contribution in [0.1, 0.15) is 30.7 Å². The van der Waals surface area contributed by atoms with Crippen LogP contribution in [0.4, 0.5) is 0 Å². The number of ether oxygens (including phenoxy) is 1. The lowest BCUT2D eigenvalue weighted by Crippen LogP contribution is -2.38. The lowest BCUT2D eigenvalue weighted by molar-refractivity contribution is 0.0191. The maximum absolute atomic E-state index is 6.30. The normalized spacial score (nSPS) is 24.5. The quantitative estimate of drug-likeness (QED) is 0.784. The highest BCUT2D eigenvalue weighted by Gasteiger charge is 2.36. The Morgan fingerprint density at radius 1 is 1.25 bits per heavy atom. The van der Waals surface area contributed by atoms with Crippen molar-refractivity contribution in [2.24, 2.45) is 13.0 Å². The monoisotopic (exact) mass is 326 g/mol. The first-order valence-corrected chi connectivity index (χ1v) is 9.00. The predicted molar refractivity (Wildman–Crippen MR) is 92.4 cm³/mol. The largest absolute Gasteiger partial charge is 0.376 e. The van der Waals surface area contributed by atoms with Gasteiger partial charge in [-0.25, -0.2) is 4.98 Å². The van der Waals surface area contributed by atoms with Gasteiger partial charge < -0.3 is 9.30 Å². The Labute approximate surface area is 143 Å². The molecule has 128 valence electrons. The third-order valence-electron chi connectivity index (χ3n) is 5.28. The van der Waals surface area contributed by atoms with Gasteiger partial charge in [-0.3, -0.25) is 9.88 Å². The molecule has 0 N–H and O–H groups in total. The van der Waals surface area contributed by atoms with E-state index in [0.717, 1.165) is 44.3 Å². The second-order valence-electron chi connectivity index (χ2n) is 7.16. The summed E-state index contributed by atoms with van der Waals surface area (Å²) in [5.74, 6) is 1.93. The zero-order valence-electron chi connectivity index (χ0n) is 14.3. The van der Waals surface area contributed by atoms with Crippen LogP contribution in [0.5, 0.6) is 0 Å². The van der Waals surface area contributed by atoms with Gasteiger partial charge in [0.1, 0.15) is 5.82 Å². The van der Waals surface area contributed by atoms with Gasteiger partial charge in [0.25, 0.3) is 0 Å². The summed E-state index contributed by atoms with van der Waals surface area (Å²) in [6, 6.07) is 4.60. The first-order valence-electron chi connectivity index (χ1n) is 9.00. The van der Waals surface area contributed by atoms with Crippen molar-refractivity contribution in [2.45, 2.75) is 44.4 Å². The van der Waals surface area contributed by atoms with Gasteiger partial charge in [-0.05, 0) is 43.2 Å². The van der Waals surface area contributed by atoms with Crippen LogP contribution in [-0.4, -0.2) is 44.7 Å². The first kappa shape index (κ1) is 15.8. The Morgan fingerprint density at radius 2 is 2.17 bits per heavy atom. The highest BCUT2D eigenvalue weighted by atomic mass is 16.5. The number of hydrogen-bond donors (Lipinski definition) is 0. The fraction of sp³-hybridized carbons (Fsp3) is 0.579. The summed E-state index contributed by atoms with van der Waals surface area (Å²) >= 11 is 0. The van der Waals surface area contributed by atoms with Crippen LogP contribution >= 0.6 is 0 Å². The van der Waals surface area contributed by atoms with Gasteiger partial charge in [0.15, 0.2) is 0 Å². The van der Waals surface area contributed by atoms with Crippen LogP contribution in [0, 0.1) is 5.92 Å². The summed E-state index contributed by atoms with van der Waals surface area (Å²) in [4.78, 5) is 11.3. The topological polar surface area (TPSA) is 43.2 Å². The molecule has 4 rings (SSSR count). The highest BCUT2D eigenvalue weighted by Crippen LogP contribution is 2.32. The third-order valence-corrected chi connectivity index (χ3v) is 5.28. The number of hydrogen-bond acceptors (Lipinski definition) is 4. The standard InChI is InChI=1S/C19H26N4O/c1-22-10-8-21-19(22)13-23-9-6-18(24-14-15-4-5-15)17(23)11-16-3-2-7-20-12-16/h2-3,7-8,10,12,15,17-18H,4-6,9,11,13-14H2,1H3/t17-,18-/m1/s1. The van der Waals surface area contributed by atoms with Crippen molar-refractivity contribution in [1.82, 2.24) is 19.4 Å². The van der Waals surface area contributed by atoms with Crippen LogP contribution in [0.2, 0.25) is 0 Å². The molecule has 1 aliphatic carbocycles. The van der Waals surface area contributed by atoms with Gasteiger partial charge in [0, 0.05) is 51.0 Å². The number of aryl methyl sites for hydroxylation is 1. The van der Waals surface area contributed by atoms with Crippen molar-refractivity contribution < 1.29 is 4.74 Å². The maximum Gasteiger partial charge on any atom is 0.122 e. The number of nitrogens with zero attached hydrogens (tertiary/aromatic N) is 4. The summed E-state index contributed by atoms with van der Waals surface area (Å²) in [7, 11) is 2.07. The molecule has 0 unspecified atom stereocenters. The number of likely N-dealkylation sites (tertiary alicyclic amines) is 1. The van der Waals surface area contributed by atoms with Gasteiger partial charge >= 0.3 is 0 Å². The summed E-state index contributed by atoms with van der Waals surface area (Å²) in [5, 5.41) is 0. The Morgan fingerprint density at radius 3 is 2.88 bits per heavy atom.